The van der Waals surface area contributed by atoms with Crippen molar-refractivity contribution in [2.75, 3.05) is 12.3 Å². The quantitative estimate of drug-likeness (QED) is 0.859. The smallest absolute Gasteiger partial charge is 0.243 e. The molecule has 0 radical (unpaired) electrons. The molecule has 0 saturated carbocycles. The second kappa shape index (κ2) is 6.47. The van der Waals surface area contributed by atoms with Crippen LogP contribution in [0.3, 0.4) is 0 Å². The van der Waals surface area contributed by atoms with E-state index in [9.17, 15) is 8.42 Å². The van der Waals surface area contributed by atoms with Crippen molar-refractivity contribution in [3.63, 3.8) is 0 Å². The van der Waals surface area contributed by atoms with Crippen molar-refractivity contribution < 1.29 is 8.42 Å². The molecular weight excluding hydrogens is 308 g/mol. The van der Waals surface area contributed by atoms with Crippen LogP contribution in [0.25, 0.3) is 0 Å². The Labute approximate surface area is 130 Å². The molecule has 2 aromatic rings. The molecule has 0 unspecified atom stereocenters. The van der Waals surface area contributed by atoms with Gasteiger partial charge >= 0.3 is 0 Å². The molecule has 0 aliphatic carbocycles. The Hall–Kier alpha value is -1.56. The van der Waals surface area contributed by atoms with Crippen molar-refractivity contribution in [1.29, 1.82) is 0 Å². The summed E-state index contributed by atoms with van der Waals surface area (Å²) in [4.78, 5) is 0.240. The first-order valence-electron chi connectivity index (χ1n) is 6.53. The van der Waals surface area contributed by atoms with Gasteiger partial charge in [-0.25, -0.2) is 8.42 Å². The molecule has 0 spiro atoms. The third-order valence-electron chi connectivity index (χ3n) is 3.14. The van der Waals surface area contributed by atoms with Crippen LogP contribution >= 0.6 is 11.6 Å². The number of hydrogen-bond acceptors (Lipinski definition) is 3. The summed E-state index contributed by atoms with van der Waals surface area (Å²) in [5, 5.41) is 0.510. The molecule has 0 fully saturated rings. The number of nitrogen functional groups attached to an aromatic ring is 1. The molecule has 0 aliphatic rings. The van der Waals surface area contributed by atoms with E-state index < -0.39 is 10.0 Å². The summed E-state index contributed by atoms with van der Waals surface area (Å²) in [7, 11) is -3.53. The second-order valence-electron chi connectivity index (χ2n) is 4.63. The predicted molar refractivity (Wildman–Crippen MR) is 85.6 cm³/mol. The summed E-state index contributed by atoms with van der Waals surface area (Å²) in [6.45, 7) is 2.50. The Morgan fingerprint density at radius 2 is 1.62 bits per heavy atom. The number of halogens is 1. The maximum absolute atomic E-state index is 12.6. The van der Waals surface area contributed by atoms with Crippen molar-refractivity contribution in [1.82, 2.24) is 4.31 Å². The summed E-state index contributed by atoms with van der Waals surface area (Å²) in [6.07, 6.45) is 0. The van der Waals surface area contributed by atoms with Crippen molar-refractivity contribution in [3.05, 3.63) is 59.1 Å². The number of rotatable bonds is 5. The molecule has 2 rings (SSSR count). The highest BCUT2D eigenvalue weighted by Gasteiger charge is 2.23. The van der Waals surface area contributed by atoms with Gasteiger partial charge in [0.2, 0.25) is 10.0 Å². The highest BCUT2D eigenvalue weighted by atomic mass is 35.5. The number of nitrogens with zero attached hydrogens (tertiary/aromatic N) is 1. The Morgan fingerprint density at radius 3 is 2.14 bits per heavy atom. The summed E-state index contributed by atoms with van der Waals surface area (Å²) >= 11 is 5.80. The first-order chi connectivity index (χ1) is 9.93. The average molecular weight is 325 g/mol. The molecule has 21 heavy (non-hydrogen) atoms. The van der Waals surface area contributed by atoms with Crippen LogP contribution in [0.15, 0.2) is 53.4 Å². The number of anilines is 1. The van der Waals surface area contributed by atoms with Crippen LogP contribution in [-0.2, 0) is 16.6 Å². The normalized spacial score (nSPS) is 11.8. The lowest BCUT2D eigenvalue weighted by atomic mass is 10.2. The standard InChI is InChI=1S/C15H17ClN2O2S/c1-2-18(11-12-3-7-14(17)8-4-12)21(19,20)15-9-5-13(16)6-10-15/h3-10H,2,11,17H2,1H3. The van der Waals surface area contributed by atoms with Crippen LogP contribution in [-0.4, -0.2) is 19.3 Å². The Bertz CT molecular complexity index is 697. The fourth-order valence-corrected chi connectivity index (χ4v) is 3.51. The number of hydrogen-bond donors (Lipinski definition) is 1. The topological polar surface area (TPSA) is 63.4 Å². The van der Waals surface area contributed by atoms with E-state index in [-0.39, 0.29) is 4.90 Å². The number of sulfonamides is 1. The van der Waals surface area contributed by atoms with E-state index in [1.807, 2.05) is 19.1 Å². The van der Waals surface area contributed by atoms with Crippen molar-refractivity contribution in [3.8, 4) is 0 Å². The second-order valence-corrected chi connectivity index (χ2v) is 7.00. The maximum Gasteiger partial charge on any atom is 0.243 e. The van der Waals surface area contributed by atoms with Gasteiger partial charge in [-0.15, -0.1) is 0 Å². The minimum absolute atomic E-state index is 0.240. The SMILES string of the molecule is CCN(Cc1ccc(N)cc1)S(=O)(=O)c1ccc(Cl)cc1. The molecule has 0 aromatic heterocycles. The van der Waals surface area contributed by atoms with Gasteiger partial charge in [0.15, 0.2) is 0 Å². The van der Waals surface area contributed by atoms with Crippen LogP contribution < -0.4 is 5.73 Å². The zero-order chi connectivity index (χ0) is 15.5. The molecule has 112 valence electrons. The van der Waals surface area contributed by atoms with Crippen molar-refractivity contribution in [2.24, 2.45) is 0 Å². The highest BCUT2D eigenvalue weighted by Crippen LogP contribution is 2.20. The summed E-state index contributed by atoms with van der Waals surface area (Å²) < 4.78 is 26.6. The number of benzene rings is 2. The molecule has 6 heteroatoms. The number of nitrogens with two attached hydrogens (primary N) is 1. The van der Waals surface area contributed by atoms with Gasteiger partial charge in [0.25, 0.3) is 0 Å². The Morgan fingerprint density at radius 1 is 1.05 bits per heavy atom. The van der Waals surface area contributed by atoms with Gasteiger partial charge in [0, 0.05) is 23.8 Å². The Balaban J connectivity index is 2.27. The molecule has 2 aromatic carbocycles. The molecule has 0 heterocycles. The lowest BCUT2D eigenvalue weighted by Crippen LogP contribution is -2.30. The van der Waals surface area contributed by atoms with Gasteiger partial charge in [-0.1, -0.05) is 30.7 Å². The molecule has 4 nitrogen and oxygen atoms in total. The Kier molecular flexibility index (Phi) is 4.88. The monoisotopic (exact) mass is 324 g/mol. The fraction of sp³-hybridized carbons (Fsp3) is 0.200. The molecule has 0 amide bonds. The predicted octanol–water partition coefficient (Wildman–Crippen LogP) is 3.13. The molecule has 0 atom stereocenters. The zero-order valence-corrected chi connectivity index (χ0v) is 13.2. The van der Waals surface area contributed by atoms with E-state index >= 15 is 0 Å². The minimum atomic E-state index is -3.53. The van der Waals surface area contributed by atoms with Crippen LogP contribution in [0.5, 0.6) is 0 Å². The molecule has 0 aliphatic heterocycles. The van der Waals surface area contributed by atoms with E-state index in [4.69, 9.17) is 17.3 Å². The summed E-state index contributed by atoms with van der Waals surface area (Å²) in [5.41, 5.74) is 7.18. The largest absolute Gasteiger partial charge is 0.399 e. The van der Waals surface area contributed by atoms with Gasteiger partial charge in [-0.2, -0.15) is 4.31 Å². The van der Waals surface area contributed by atoms with E-state index in [2.05, 4.69) is 0 Å². The van der Waals surface area contributed by atoms with Crippen LogP contribution in [0.2, 0.25) is 5.02 Å². The molecule has 0 saturated heterocycles. The average Bonchev–Trinajstić information content (AvgIpc) is 2.47. The first-order valence-corrected chi connectivity index (χ1v) is 8.35. The molecule has 0 bridgehead atoms. The van der Waals surface area contributed by atoms with E-state index in [0.29, 0.717) is 23.8 Å². The van der Waals surface area contributed by atoms with Gasteiger partial charge in [-0.05, 0) is 42.0 Å². The van der Waals surface area contributed by atoms with Crippen LogP contribution in [0.4, 0.5) is 5.69 Å². The van der Waals surface area contributed by atoms with Crippen molar-refractivity contribution in [2.45, 2.75) is 18.4 Å². The minimum Gasteiger partial charge on any atom is -0.399 e. The lowest BCUT2D eigenvalue weighted by molar-refractivity contribution is 0.423. The summed E-state index contributed by atoms with van der Waals surface area (Å²) in [5.74, 6) is 0. The lowest BCUT2D eigenvalue weighted by Gasteiger charge is -2.20. The molecular formula is C15H17ClN2O2S. The van der Waals surface area contributed by atoms with E-state index in [0.717, 1.165) is 5.56 Å². The van der Waals surface area contributed by atoms with Crippen LogP contribution in [0, 0.1) is 0 Å². The fourth-order valence-electron chi connectivity index (χ4n) is 1.95. The van der Waals surface area contributed by atoms with E-state index in [1.54, 1.807) is 24.3 Å². The maximum atomic E-state index is 12.6. The summed E-state index contributed by atoms with van der Waals surface area (Å²) in [6, 6.07) is 13.4. The molecule has 2 N–H and O–H groups in total. The first kappa shape index (κ1) is 15.8. The third kappa shape index (κ3) is 3.75. The van der Waals surface area contributed by atoms with E-state index in [1.165, 1.54) is 16.4 Å². The van der Waals surface area contributed by atoms with Gasteiger partial charge < -0.3 is 5.73 Å². The van der Waals surface area contributed by atoms with Crippen LogP contribution in [0.1, 0.15) is 12.5 Å². The third-order valence-corrected chi connectivity index (χ3v) is 5.33. The van der Waals surface area contributed by atoms with Gasteiger partial charge in [0.05, 0.1) is 4.90 Å². The van der Waals surface area contributed by atoms with Gasteiger partial charge in [-0.3, -0.25) is 0 Å². The van der Waals surface area contributed by atoms with Crippen molar-refractivity contribution >= 4 is 27.3 Å². The van der Waals surface area contributed by atoms with Gasteiger partial charge in [0.1, 0.15) is 0 Å². The zero-order valence-electron chi connectivity index (χ0n) is 11.7. The highest BCUT2D eigenvalue weighted by molar-refractivity contribution is 7.89.